The number of hydrogen-bond acceptors (Lipinski definition) is 1. The fourth-order valence-electron chi connectivity index (χ4n) is 1.64. The Morgan fingerprint density at radius 1 is 1.29 bits per heavy atom. The molecule has 1 heteroatoms. The molecule has 0 aromatic heterocycles. The van der Waals surface area contributed by atoms with Crippen molar-refractivity contribution in [2.24, 2.45) is 5.73 Å². The van der Waals surface area contributed by atoms with Crippen molar-refractivity contribution in [1.82, 2.24) is 0 Å². The average molecular weight is 233 g/mol. The van der Waals surface area contributed by atoms with Crippen molar-refractivity contribution in [2.75, 3.05) is 0 Å². The molecule has 0 heterocycles. The molecule has 0 unspecified atom stereocenters. The van der Waals surface area contributed by atoms with Gasteiger partial charge in [0, 0.05) is 5.70 Å². The molecule has 0 saturated heterocycles. The van der Waals surface area contributed by atoms with Crippen molar-refractivity contribution < 1.29 is 0 Å². The molecule has 0 fully saturated rings. The van der Waals surface area contributed by atoms with Gasteiger partial charge in [-0.3, -0.25) is 0 Å². The van der Waals surface area contributed by atoms with Crippen molar-refractivity contribution >= 4 is 5.70 Å². The first-order valence-corrected chi connectivity index (χ1v) is 6.61. The Balaban J connectivity index is 0.000000770. The van der Waals surface area contributed by atoms with E-state index in [9.17, 15) is 0 Å². The lowest BCUT2D eigenvalue weighted by Crippen LogP contribution is -1.97. The van der Waals surface area contributed by atoms with Gasteiger partial charge in [-0.1, -0.05) is 65.3 Å². The maximum absolute atomic E-state index is 5.66. The molecule has 1 nitrogen and oxygen atoms in total. The molecule has 0 spiro atoms. The predicted octanol–water partition coefficient (Wildman–Crippen LogP) is 4.94. The van der Waals surface area contributed by atoms with Crippen LogP contribution in [0.2, 0.25) is 0 Å². The zero-order chi connectivity index (χ0) is 13.3. The van der Waals surface area contributed by atoms with Gasteiger partial charge in [0.2, 0.25) is 0 Å². The van der Waals surface area contributed by atoms with Gasteiger partial charge in [-0.2, -0.15) is 0 Å². The largest absolute Gasteiger partial charge is 0.399 e. The van der Waals surface area contributed by atoms with E-state index in [1.165, 1.54) is 24.8 Å². The van der Waals surface area contributed by atoms with Crippen molar-refractivity contribution in [3.05, 3.63) is 42.0 Å². The third-order valence-electron chi connectivity index (χ3n) is 2.55. The Labute approximate surface area is 107 Å². The van der Waals surface area contributed by atoms with E-state index in [2.05, 4.69) is 52.5 Å². The van der Waals surface area contributed by atoms with Gasteiger partial charge in [0.25, 0.3) is 0 Å². The molecule has 96 valence electrons. The molecule has 0 aliphatic heterocycles. The summed E-state index contributed by atoms with van der Waals surface area (Å²) >= 11 is 0. The SMILES string of the molecule is C=C(N)c1cccc([C@H](C)CCC)c1.CCC. The Bertz CT molecular complexity index is 328. The lowest BCUT2D eigenvalue weighted by Gasteiger charge is -2.11. The van der Waals surface area contributed by atoms with Crippen LogP contribution in [0.5, 0.6) is 0 Å². The molecule has 0 aliphatic carbocycles. The highest BCUT2D eigenvalue weighted by Crippen LogP contribution is 2.22. The third-order valence-corrected chi connectivity index (χ3v) is 2.55. The minimum Gasteiger partial charge on any atom is -0.399 e. The fourth-order valence-corrected chi connectivity index (χ4v) is 1.64. The summed E-state index contributed by atoms with van der Waals surface area (Å²) in [4.78, 5) is 0. The van der Waals surface area contributed by atoms with Crippen LogP contribution in [-0.2, 0) is 0 Å². The fraction of sp³-hybridized carbons (Fsp3) is 0.500. The normalized spacial score (nSPS) is 11.3. The summed E-state index contributed by atoms with van der Waals surface area (Å²) < 4.78 is 0. The van der Waals surface area contributed by atoms with Crippen LogP contribution in [0.25, 0.3) is 5.70 Å². The molecule has 0 saturated carbocycles. The quantitative estimate of drug-likeness (QED) is 0.783. The van der Waals surface area contributed by atoms with Crippen molar-refractivity contribution in [1.29, 1.82) is 0 Å². The van der Waals surface area contributed by atoms with Gasteiger partial charge in [0.15, 0.2) is 0 Å². The zero-order valence-electron chi connectivity index (χ0n) is 11.8. The second-order valence-electron chi connectivity index (χ2n) is 4.55. The number of nitrogens with two attached hydrogens (primary N) is 1. The summed E-state index contributed by atoms with van der Waals surface area (Å²) in [5.41, 5.74) is 8.71. The van der Waals surface area contributed by atoms with Crippen molar-refractivity contribution in [2.45, 2.75) is 52.9 Å². The highest BCUT2D eigenvalue weighted by atomic mass is 14.6. The number of rotatable bonds is 4. The molecule has 1 aromatic rings. The van der Waals surface area contributed by atoms with Gasteiger partial charge in [0.05, 0.1) is 0 Å². The van der Waals surface area contributed by atoms with E-state index in [4.69, 9.17) is 5.73 Å². The molecule has 1 rings (SSSR count). The summed E-state index contributed by atoms with van der Waals surface area (Å²) in [7, 11) is 0. The summed E-state index contributed by atoms with van der Waals surface area (Å²) in [5, 5.41) is 0. The maximum atomic E-state index is 5.66. The van der Waals surface area contributed by atoms with Gasteiger partial charge in [-0.25, -0.2) is 0 Å². The zero-order valence-corrected chi connectivity index (χ0v) is 11.8. The van der Waals surface area contributed by atoms with Crippen LogP contribution in [0.4, 0.5) is 0 Å². The smallest absolute Gasteiger partial charge is 0.0314 e. The van der Waals surface area contributed by atoms with Crippen LogP contribution < -0.4 is 5.73 Å². The number of hydrogen-bond donors (Lipinski definition) is 1. The Hall–Kier alpha value is -1.24. The van der Waals surface area contributed by atoms with Gasteiger partial charge < -0.3 is 5.73 Å². The van der Waals surface area contributed by atoms with Crippen LogP contribution in [0.1, 0.15) is 64.0 Å². The van der Waals surface area contributed by atoms with Crippen molar-refractivity contribution in [3.8, 4) is 0 Å². The molecule has 0 radical (unpaired) electrons. The highest BCUT2D eigenvalue weighted by Gasteiger charge is 2.04. The Kier molecular flexibility index (Phi) is 8.21. The molecular weight excluding hydrogens is 206 g/mol. The molecule has 0 amide bonds. The molecule has 1 aromatic carbocycles. The van der Waals surface area contributed by atoms with E-state index in [0.717, 1.165) is 5.56 Å². The topological polar surface area (TPSA) is 26.0 Å². The summed E-state index contributed by atoms with van der Waals surface area (Å²) in [6.07, 6.45) is 3.69. The first-order chi connectivity index (χ1) is 8.06. The van der Waals surface area contributed by atoms with Crippen LogP contribution in [-0.4, -0.2) is 0 Å². The molecule has 17 heavy (non-hydrogen) atoms. The van der Waals surface area contributed by atoms with Gasteiger partial charge in [-0.05, 0) is 29.5 Å². The average Bonchev–Trinajstić information content (AvgIpc) is 2.30. The van der Waals surface area contributed by atoms with Crippen LogP contribution >= 0.6 is 0 Å². The summed E-state index contributed by atoms with van der Waals surface area (Å²) in [6.45, 7) is 12.5. The minimum atomic E-state index is 0.610. The van der Waals surface area contributed by atoms with Crippen molar-refractivity contribution in [3.63, 3.8) is 0 Å². The van der Waals surface area contributed by atoms with Gasteiger partial charge >= 0.3 is 0 Å². The number of benzene rings is 1. The van der Waals surface area contributed by atoms with Crippen LogP contribution in [0.15, 0.2) is 30.8 Å². The molecule has 0 bridgehead atoms. The molecule has 0 aliphatic rings. The van der Waals surface area contributed by atoms with E-state index in [-0.39, 0.29) is 0 Å². The maximum Gasteiger partial charge on any atom is 0.0314 e. The summed E-state index contributed by atoms with van der Waals surface area (Å²) in [5.74, 6) is 0.610. The third kappa shape index (κ3) is 6.15. The standard InChI is InChI=1S/C13H19N.C3H8/c1-4-6-10(2)12-7-5-8-13(9-12)11(3)14;1-3-2/h5,7-10H,3-4,6,14H2,1-2H3;3H2,1-2H3/t10-;/m1./s1. The first-order valence-electron chi connectivity index (χ1n) is 6.61. The second kappa shape index (κ2) is 8.86. The first kappa shape index (κ1) is 15.8. The second-order valence-corrected chi connectivity index (χ2v) is 4.55. The highest BCUT2D eigenvalue weighted by molar-refractivity contribution is 5.60. The van der Waals surface area contributed by atoms with Crippen LogP contribution in [0.3, 0.4) is 0 Å². The van der Waals surface area contributed by atoms with Crippen LogP contribution in [0, 0.1) is 0 Å². The predicted molar refractivity (Wildman–Crippen MR) is 79.0 cm³/mol. The monoisotopic (exact) mass is 233 g/mol. The van der Waals surface area contributed by atoms with E-state index in [1.807, 2.05) is 6.07 Å². The Morgan fingerprint density at radius 2 is 1.88 bits per heavy atom. The van der Waals surface area contributed by atoms with Gasteiger partial charge in [-0.15, -0.1) is 0 Å². The minimum absolute atomic E-state index is 0.610. The van der Waals surface area contributed by atoms with E-state index < -0.39 is 0 Å². The van der Waals surface area contributed by atoms with E-state index >= 15 is 0 Å². The lowest BCUT2D eigenvalue weighted by molar-refractivity contribution is 0.665. The van der Waals surface area contributed by atoms with Gasteiger partial charge in [0.1, 0.15) is 0 Å². The Morgan fingerprint density at radius 3 is 2.35 bits per heavy atom. The molecule has 2 N–H and O–H groups in total. The molecular formula is C16H27N. The van der Waals surface area contributed by atoms with E-state index in [0.29, 0.717) is 11.6 Å². The lowest BCUT2D eigenvalue weighted by atomic mass is 9.95. The van der Waals surface area contributed by atoms with E-state index in [1.54, 1.807) is 0 Å². The summed E-state index contributed by atoms with van der Waals surface area (Å²) in [6, 6.07) is 8.36. The molecule has 1 atom stereocenters.